The Labute approximate surface area is 112 Å². The van der Waals surface area contributed by atoms with Crippen LogP contribution in [0.25, 0.3) is 16.8 Å². The van der Waals surface area contributed by atoms with Crippen LogP contribution in [-0.2, 0) is 0 Å². The molecule has 0 atom stereocenters. The Morgan fingerprint density at radius 2 is 1.82 bits per heavy atom. The normalized spacial score (nSPS) is 10.9. The van der Waals surface area contributed by atoms with E-state index in [0.29, 0.717) is 0 Å². The Kier molecular flexibility index (Phi) is 2.61. The molecule has 0 aliphatic carbocycles. The molecule has 2 nitrogen and oxygen atoms in total. The third kappa shape index (κ3) is 1.83. The maximum absolute atomic E-state index is 5.30. The van der Waals surface area contributed by atoms with Gasteiger partial charge in [-0.2, -0.15) is 0 Å². The number of rotatable bonds is 1. The van der Waals surface area contributed by atoms with Crippen molar-refractivity contribution >= 4 is 33.7 Å². The molecule has 0 saturated carbocycles. The van der Waals surface area contributed by atoms with Gasteiger partial charge in [0.1, 0.15) is 0 Å². The predicted molar refractivity (Wildman–Crippen MR) is 75.7 cm³/mol. The van der Waals surface area contributed by atoms with Gasteiger partial charge in [-0.1, -0.05) is 34.1 Å². The first-order valence-corrected chi connectivity index (χ1v) is 6.41. The Balaban J connectivity index is 2.31. The molecule has 4 heteroatoms. The third-order valence-electron chi connectivity index (χ3n) is 2.70. The van der Waals surface area contributed by atoms with Gasteiger partial charge < -0.3 is 4.98 Å². The molecule has 0 amide bonds. The van der Waals surface area contributed by atoms with Crippen molar-refractivity contribution in [2.75, 3.05) is 0 Å². The highest BCUT2D eigenvalue weighted by atomic mass is 79.9. The average Bonchev–Trinajstić information content (AvgIpc) is 2.69. The van der Waals surface area contributed by atoms with Gasteiger partial charge in [-0.25, -0.2) is 0 Å². The monoisotopic (exact) mass is 304 g/mol. The number of fused-ring (bicyclic) bond motifs is 1. The van der Waals surface area contributed by atoms with Crippen LogP contribution in [0.3, 0.4) is 0 Å². The van der Waals surface area contributed by atoms with E-state index in [1.165, 1.54) is 0 Å². The van der Waals surface area contributed by atoms with E-state index in [1.807, 2.05) is 34.9 Å². The van der Waals surface area contributed by atoms with Gasteiger partial charge >= 0.3 is 0 Å². The smallest absolute Gasteiger partial charge is 0.182 e. The van der Waals surface area contributed by atoms with E-state index in [-0.39, 0.29) is 0 Å². The molecule has 1 N–H and O–H groups in total. The van der Waals surface area contributed by atoms with Gasteiger partial charge in [-0.3, -0.25) is 4.40 Å². The van der Waals surface area contributed by atoms with Crippen LogP contribution >= 0.6 is 28.1 Å². The lowest BCUT2D eigenvalue weighted by Gasteiger charge is -1.99. The molecule has 2 heterocycles. The minimum atomic E-state index is 0.721. The van der Waals surface area contributed by atoms with Crippen LogP contribution in [0.15, 0.2) is 53.1 Å². The molecule has 1 aromatic carbocycles. The molecule has 0 aliphatic heterocycles. The summed E-state index contributed by atoms with van der Waals surface area (Å²) in [6.07, 6.45) is 1.97. The second-order valence-corrected chi connectivity index (χ2v) is 5.07. The third-order valence-corrected chi connectivity index (χ3v) is 3.53. The van der Waals surface area contributed by atoms with E-state index in [1.54, 1.807) is 0 Å². The van der Waals surface area contributed by atoms with Gasteiger partial charge in [0.05, 0.1) is 11.2 Å². The zero-order valence-electron chi connectivity index (χ0n) is 8.85. The summed E-state index contributed by atoms with van der Waals surface area (Å²) >= 11 is 8.74. The maximum Gasteiger partial charge on any atom is 0.182 e. The molecular formula is C13H9BrN2S. The molecule has 2 aromatic heterocycles. The van der Waals surface area contributed by atoms with Crippen molar-refractivity contribution in [2.24, 2.45) is 0 Å². The lowest BCUT2D eigenvalue weighted by atomic mass is 10.1. The van der Waals surface area contributed by atoms with E-state index in [0.717, 1.165) is 26.0 Å². The van der Waals surface area contributed by atoms with Crippen LogP contribution in [0.4, 0.5) is 0 Å². The predicted octanol–water partition coefficient (Wildman–Crippen LogP) is 4.43. The van der Waals surface area contributed by atoms with Crippen LogP contribution in [0, 0.1) is 4.77 Å². The van der Waals surface area contributed by atoms with E-state index in [2.05, 4.69) is 39.1 Å². The average molecular weight is 305 g/mol. The molecule has 3 rings (SSSR count). The molecule has 0 unspecified atom stereocenters. The molecule has 84 valence electrons. The van der Waals surface area contributed by atoms with Gasteiger partial charge in [-0.05, 0) is 36.5 Å². The number of nitrogens with zero attached hydrogens (tertiary/aromatic N) is 1. The number of hydrogen-bond donors (Lipinski definition) is 1. The first-order valence-electron chi connectivity index (χ1n) is 5.21. The van der Waals surface area contributed by atoms with Crippen molar-refractivity contribution in [2.45, 2.75) is 0 Å². The van der Waals surface area contributed by atoms with Gasteiger partial charge in [-0.15, -0.1) is 0 Å². The van der Waals surface area contributed by atoms with Crippen molar-refractivity contribution < 1.29 is 0 Å². The fraction of sp³-hybridized carbons (Fsp3) is 0. The number of nitrogens with one attached hydrogen (secondary N) is 1. The second-order valence-electron chi connectivity index (χ2n) is 3.77. The van der Waals surface area contributed by atoms with Crippen LogP contribution in [0.1, 0.15) is 0 Å². The highest BCUT2D eigenvalue weighted by Crippen LogP contribution is 2.25. The summed E-state index contributed by atoms with van der Waals surface area (Å²) < 4.78 is 3.77. The summed E-state index contributed by atoms with van der Waals surface area (Å²) in [4.78, 5) is 3.25. The zero-order chi connectivity index (χ0) is 11.8. The Bertz CT molecular complexity index is 725. The lowest BCUT2D eigenvalue weighted by molar-refractivity contribution is 1.12. The molecule has 17 heavy (non-hydrogen) atoms. The van der Waals surface area contributed by atoms with Gasteiger partial charge in [0.25, 0.3) is 0 Å². The Morgan fingerprint density at radius 1 is 1.06 bits per heavy atom. The summed E-state index contributed by atoms with van der Waals surface area (Å²) in [7, 11) is 0. The van der Waals surface area contributed by atoms with Crippen LogP contribution < -0.4 is 0 Å². The van der Waals surface area contributed by atoms with Crippen LogP contribution in [0.2, 0.25) is 0 Å². The van der Waals surface area contributed by atoms with Gasteiger partial charge in [0, 0.05) is 16.2 Å². The van der Waals surface area contributed by atoms with Gasteiger partial charge in [0.2, 0.25) is 0 Å². The summed E-state index contributed by atoms with van der Waals surface area (Å²) in [5, 5.41) is 0. The van der Waals surface area contributed by atoms with Gasteiger partial charge in [0.15, 0.2) is 4.77 Å². The van der Waals surface area contributed by atoms with Crippen molar-refractivity contribution in [3.05, 3.63) is 57.9 Å². The summed E-state index contributed by atoms with van der Waals surface area (Å²) in [6.45, 7) is 0. The van der Waals surface area contributed by atoms with E-state index >= 15 is 0 Å². The summed E-state index contributed by atoms with van der Waals surface area (Å²) in [5.74, 6) is 0. The Hall–Kier alpha value is -1.39. The SMILES string of the molecule is S=c1[nH]c(-c2ccc(Br)cc2)c2ccccn12. The number of aromatic amines is 1. The number of imidazole rings is 1. The number of pyridine rings is 1. The number of halogens is 1. The number of benzene rings is 1. The number of H-pyrrole nitrogens is 1. The zero-order valence-corrected chi connectivity index (χ0v) is 11.3. The lowest BCUT2D eigenvalue weighted by Crippen LogP contribution is -1.81. The molecular weight excluding hydrogens is 296 g/mol. The quantitative estimate of drug-likeness (QED) is 0.660. The minimum absolute atomic E-state index is 0.721. The van der Waals surface area contributed by atoms with Crippen LogP contribution in [-0.4, -0.2) is 9.38 Å². The molecule has 3 aromatic rings. The second kappa shape index (κ2) is 4.13. The largest absolute Gasteiger partial charge is 0.330 e. The molecule has 0 fully saturated rings. The summed E-state index contributed by atoms with van der Waals surface area (Å²) in [5.41, 5.74) is 3.29. The Morgan fingerprint density at radius 3 is 2.59 bits per heavy atom. The van der Waals surface area contributed by atoms with Crippen molar-refractivity contribution in [1.29, 1.82) is 0 Å². The van der Waals surface area contributed by atoms with Crippen molar-refractivity contribution in [3.8, 4) is 11.3 Å². The van der Waals surface area contributed by atoms with E-state index < -0.39 is 0 Å². The van der Waals surface area contributed by atoms with E-state index in [4.69, 9.17) is 12.2 Å². The van der Waals surface area contributed by atoms with Crippen LogP contribution in [0.5, 0.6) is 0 Å². The number of aromatic nitrogens is 2. The number of hydrogen-bond acceptors (Lipinski definition) is 1. The van der Waals surface area contributed by atoms with Crippen molar-refractivity contribution in [1.82, 2.24) is 9.38 Å². The molecule has 0 spiro atoms. The molecule has 0 aliphatic rings. The fourth-order valence-electron chi connectivity index (χ4n) is 1.89. The highest BCUT2D eigenvalue weighted by Gasteiger charge is 2.06. The highest BCUT2D eigenvalue weighted by molar-refractivity contribution is 9.10. The first kappa shape index (κ1) is 10.7. The van der Waals surface area contributed by atoms with Crippen molar-refractivity contribution in [3.63, 3.8) is 0 Å². The summed E-state index contributed by atoms with van der Waals surface area (Å²) in [6, 6.07) is 14.2. The first-order chi connectivity index (χ1) is 8.25. The minimum Gasteiger partial charge on any atom is -0.330 e. The fourth-order valence-corrected chi connectivity index (χ4v) is 2.42. The molecule has 0 bridgehead atoms. The molecule has 0 saturated heterocycles. The topological polar surface area (TPSA) is 20.2 Å². The standard InChI is InChI=1S/C13H9BrN2S/c14-10-6-4-9(5-7-10)12-11-3-1-2-8-16(11)13(17)15-12/h1-8H,(H,15,17). The molecule has 0 radical (unpaired) electrons. The maximum atomic E-state index is 5.30. The van der Waals surface area contributed by atoms with E-state index in [9.17, 15) is 0 Å².